The molecule has 1 saturated heterocycles. The molecule has 1 aliphatic rings. The number of hydrogen-bond donors (Lipinski definition) is 4. The Labute approximate surface area is 319 Å². The van der Waals surface area contributed by atoms with Crippen LogP contribution in [0, 0.1) is 0 Å². The molecule has 0 spiro atoms. The number of imidazole rings is 1. The number of aryl methyl sites for hydroxylation is 1. The molecule has 1 atom stereocenters. The Kier molecular flexibility index (Phi) is 18.0. The lowest BCUT2D eigenvalue weighted by Crippen LogP contribution is -2.49. The molecule has 0 bridgehead atoms. The van der Waals surface area contributed by atoms with E-state index in [1.165, 1.54) is 0 Å². The van der Waals surface area contributed by atoms with Crippen LogP contribution in [0.5, 0.6) is 0 Å². The van der Waals surface area contributed by atoms with Crippen LogP contribution in [-0.4, -0.2) is 133 Å². The maximum absolute atomic E-state index is 12.9. The number of fused-ring (bicyclic) bond motifs is 3. The topological polar surface area (TPSA) is 186 Å². The number of piperazine rings is 1. The highest BCUT2D eigenvalue weighted by molar-refractivity contribution is 6.06. The van der Waals surface area contributed by atoms with Crippen LogP contribution in [0.2, 0.25) is 0 Å². The van der Waals surface area contributed by atoms with E-state index in [1.807, 2.05) is 23.1 Å². The summed E-state index contributed by atoms with van der Waals surface area (Å²) in [6, 6.07) is 7.94. The SMILES string of the molecule is CCCCc1nc2c(N)nc3ccccc3c2n1CCN1CCN(C(=O)CCC(=O)NCCOCCOCCC(=O)NCCCCC(NC)C(C)=O)CC1. The molecule has 15 nitrogen and oxygen atoms in total. The fraction of sp³-hybridized carbons (Fsp3) is 0.641. The number of Topliss-reactive ketones (excluding diaryl/α,β-unsaturated/α-hetero) is 1. The number of likely N-dealkylation sites (N-methyl/N-ethyl adjacent to an activating group) is 1. The molecule has 0 aliphatic carbocycles. The van der Waals surface area contributed by atoms with Gasteiger partial charge in [-0.1, -0.05) is 31.5 Å². The third-order valence-electron chi connectivity index (χ3n) is 9.87. The molecule has 1 aromatic carbocycles. The first-order valence-corrected chi connectivity index (χ1v) is 19.6. The smallest absolute Gasteiger partial charge is 0.223 e. The number of pyridine rings is 1. The van der Waals surface area contributed by atoms with E-state index < -0.39 is 0 Å². The lowest BCUT2D eigenvalue weighted by molar-refractivity contribution is -0.135. The van der Waals surface area contributed by atoms with Crippen molar-refractivity contribution in [2.75, 3.05) is 85.0 Å². The van der Waals surface area contributed by atoms with Crippen LogP contribution < -0.4 is 21.7 Å². The zero-order valence-electron chi connectivity index (χ0n) is 32.5. The van der Waals surface area contributed by atoms with Gasteiger partial charge in [0.1, 0.15) is 17.1 Å². The van der Waals surface area contributed by atoms with Crippen molar-refractivity contribution >= 4 is 51.3 Å². The Bertz CT molecular complexity index is 1660. The fourth-order valence-electron chi connectivity index (χ4n) is 6.69. The van der Waals surface area contributed by atoms with Gasteiger partial charge in [-0.05, 0) is 45.7 Å². The van der Waals surface area contributed by atoms with E-state index in [0.29, 0.717) is 58.4 Å². The van der Waals surface area contributed by atoms with Gasteiger partial charge < -0.3 is 40.6 Å². The number of nitrogens with zero attached hydrogens (tertiary/aromatic N) is 5. The van der Waals surface area contributed by atoms with E-state index >= 15 is 0 Å². The van der Waals surface area contributed by atoms with Crippen LogP contribution in [0.1, 0.15) is 71.0 Å². The lowest BCUT2D eigenvalue weighted by atomic mass is 10.1. The van der Waals surface area contributed by atoms with Crippen LogP contribution in [0.25, 0.3) is 21.9 Å². The second kappa shape index (κ2) is 22.9. The van der Waals surface area contributed by atoms with Crippen molar-refractivity contribution < 1.29 is 28.7 Å². The molecule has 0 saturated carbocycles. The van der Waals surface area contributed by atoms with E-state index in [9.17, 15) is 19.2 Å². The van der Waals surface area contributed by atoms with E-state index in [2.05, 4.69) is 43.4 Å². The minimum atomic E-state index is -0.177. The van der Waals surface area contributed by atoms with Crippen molar-refractivity contribution in [3.63, 3.8) is 0 Å². The van der Waals surface area contributed by atoms with Crippen LogP contribution >= 0.6 is 0 Å². The number of nitrogens with one attached hydrogen (secondary N) is 3. The summed E-state index contributed by atoms with van der Waals surface area (Å²) >= 11 is 0. The summed E-state index contributed by atoms with van der Waals surface area (Å²) < 4.78 is 13.3. The number of rotatable bonds is 25. The minimum absolute atomic E-state index is 0.00360. The van der Waals surface area contributed by atoms with Gasteiger partial charge in [-0.2, -0.15) is 0 Å². The number of nitrogen functional groups attached to an aromatic ring is 1. The molecule has 298 valence electrons. The molecular weight excluding hydrogens is 690 g/mol. The summed E-state index contributed by atoms with van der Waals surface area (Å²) in [5.74, 6) is 1.37. The van der Waals surface area contributed by atoms with Gasteiger partial charge in [0.2, 0.25) is 17.7 Å². The van der Waals surface area contributed by atoms with Gasteiger partial charge in [-0.25, -0.2) is 9.97 Å². The first kappa shape index (κ1) is 42.6. The Morgan fingerprint density at radius 2 is 1.57 bits per heavy atom. The molecule has 3 aromatic rings. The molecular formula is C39H61N9O6. The normalized spacial score (nSPS) is 14.1. The Morgan fingerprint density at radius 1 is 0.852 bits per heavy atom. The average Bonchev–Trinajstić information content (AvgIpc) is 3.55. The average molecular weight is 752 g/mol. The second-order valence-corrected chi connectivity index (χ2v) is 13.8. The van der Waals surface area contributed by atoms with Crippen molar-refractivity contribution in [2.45, 2.75) is 84.2 Å². The van der Waals surface area contributed by atoms with Crippen LogP contribution in [-0.2, 0) is 41.6 Å². The quantitative estimate of drug-likeness (QED) is 0.0933. The van der Waals surface area contributed by atoms with E-state index in [0.717, 1.165) is 92.5 Å². The summed E-state index contributed by atoms with van der Waals surface area (Å²) in [5.41, 5.74) is 9.04. The standard InChI is InChI=1S/C39H61N9O6/c1-4-5-13-33-45-37-38(30-10-6-7-12-32(30)44-39(37)40)48(33)24-21-46-19-22-47(23-20-46)36(52)15-14-34(50)43-18-26-54-28-27-53-25-16-35(51)42-17-9-8-11-31(41-3)29(2)49/h6-7,10,12,31,41H,4-5,8-9,11,13-28H2,1-3H3,(H2,40,44)(H,42,51)(H,43,50). The Hall–Kier alpha value is -4.18. The highest BCUT2D eigenvalue weighted by atomic mass is 16.5. The molecule has 54 heavy (non-hydrogen) atoms. The van der Waals surface area contributed by atoms with Gasteiger partial charge in [0.25, 0.3) is 0 Å². The largest absolute Gasteiger partial charge is 0.382 e. The van der Waals surface area contributed by atoms with Crippen molar-refractivity contribution in [3.8, 4) is 0 Å². The number of carbonyl (C=O) groups excluding carboxylic acids is 4. The van der Waals surface area contributed by atoms with Gasteiger partial charge >= 0.3 is 0 Å². The van der Waals surface area contributed by atoms with E-state index in [4.69, 9.17) is 20.2 Å². The summed E-state index contributed by atoms with van der Waals surface area (Å²) in [4.78, 5) is 62.4. The number of ketones is 1. The van der Waals surface area contributed by atoms with Gasteiger partial charge in [0.05, 0.1) is 43.5 Å². The minimum Gasteiger partial charge on any atom is -0.382 e. The number of benzene rings is 1. The van der Waals surface area contributed by atoms with Crippen LogP contribution in [0.15, 0.2) is 24.3 Å². The molecule has 0 radical (unpaired) electrons. The number of amides is 3. The highest BCUT2D eigenvalue weighted by Crippen LogP contribution is 2.29. The molecule has 15 heteroatoms. The summed E-state index contributed by atoms with van der Waals surface area (Å²) in [5, 5.41) is 9.73. The summed E-state index contributed by atoms with van der Waals surface area (Å²) in [6.07, 6.45) is 6.03. The van der Waals surface area contributed by atoms with Crippen molar-refractivity contribution in [1.82, 2.24) is 40.3 Å². The maximum atomic E-state index is 12.9. The monoisotopic (exact) mass is 751 g/mol. The van der Waals surface area contributed by atoms with Gasteiger partial charge in [0, 0.05) is 83.4 Å². The van der Waals surface area contributed by atoms with Crippen LogP contribution in [0.4, 0.5) is 5.82 Å². The molecule has 3 amide bonds. The number of hydrogen-bond acceptors (Lipinski definition) is 11. The zero-order valence-corrected chi connectivity index (χ0v) is 32.5. The molecule has 5 N–H and O–H groups in total. The Balaban J connectivity index is 1.04. The lowest BCUT2D eigenvalue weighted by Gasteiger charge is -2.35. The molecule has 2 aromatic heterocycles. The van der Waals surface area contributed by atoms with Crippen molar-refractivity contribution in [2.24, 2.45) is 0 Å². The first-order chi connectivity index (χ1) is 26.2. The Morgan fingerprint density at radius 3 is 2.31 bits per heavy atom. The van der Waals surface area contributed by atoms with Crippen molar-refractivity contribution in [1.29, 1.82) is 0 Å². The first-order valence-electron chi connectivity index (χ1n) is 19.6. The van der Waals surface area contributed by atoms with E-state index in [-0.39, 0.29) is 48.8 Å². The summed E-state index contributed by atoms with van der Waals surface area (Å²) in [7, 11) is 1.78. The number of unbranched alkanes of at least 4 members (excludes halogenated alkanes) is 2. The molecule has 1 aliphatic heterocycles. The third-order valence-corrected chi connectivity index (χ3v) is 9.87. The third kappa shape index (κ3) is 13.3. The zero-order chi connectivity index (χ0) is 38.7. The van der Waals surface area contributed by atoms with Gasteiger partial charge in [-0.15, -0.1) is 0 Å². The highest BCUT2D eigenvalue weighted by Gasteiger charge is 2.23. The summed E-state index contributed by atoms with van der Waals surface area (Å²) in [6.45, 7) is 10.4. The fourth-order valence-corrected chi connectivity index (χ4v) is 6.69. The second-order valence-electron chi connectivity index (χ2n) is 13.8. The molecule has 1 unspecified atom stereocenters. The van der Waals surface area contributed by atoms with Gasteiger partial charge in [0.15, 0.2) is 5.82 Å². The number of para-hydroxylation sites is 1. The van der Waals surface area contributed by atoms with E-state index in [1.54, 1.807) is 14.0 Å². The van der Waals surface area contributed by atoms with Crippen LogP contribution in [0.3, 0.4) is 0 Å². The number of nitrogens with two attached hydrogens (primary N) is 1. The number of ether oxygens (including phenoxy) is 2. The predicted molar refractivity (Wildman–Crippen MR) is 210 cm³/mol. The van der Waals surface area contributed by atoms with Gasteiger partial charge in [-0.3, -0.25) is 24.1 Å². The number of carbonyl (C=O) groups is 4. The maximum Gasteiger partial charge on any atom is 0.223 e. The predicted octanol–water partition coefficient (Wildman–Crippen LogP) is 2.44. The molecule has 1 fully saturated rings. The number of anilines is 1. The van der Waals surface area contributed by atoms with Crippen molar-refractivity contribution in [3.05, 3.63) is 30.1 Å². The molecule has 4 rings (SSSR count). The molecule has 3 heterocycles. The number of aromatic nitrogens is 3.